The summed E-state index contributed by atoms with van der Waals surface area (Å²) in [5, 5.41) is 0. The van der Waals surface area contributed by atoms with Crippen molar-refractivity contribution in [1.82, 2.24) is 19.8 Å². The van der Waals surface area contributed by atoms with E-state index in [2.05, 4.69) is 16.0 Å². The van der Waals surface area contributed by atoms with Gasteiger partial charge in [-0.25, -0.2) is 9.97 Å². The van der Waals surface area contributed by atoms with Crippen LogP contribution in [0.25, 0.3) is 0 Å². The Kier molecular flexibility index (Phi) is 4.43. The Labute approximate surface area is 175 Å². The number of rotatable bonds is 5. The predicted octanol–water partition coefficient (Wildman–Crippen LogP) is 1.73. The SMILES string of the molecule is Cc1cccc(CN2C[C@]34C=C[C@H](O3)[C@H](C(=O)N(C)Cc3ccncn3)[C@@H]4C2=O)c1. The summed E-state index contributed by atoms with van der Waals surface area (Å²) in [6, 6.07) is 9.94. The molecule has 154 valence electrons. The van der Waals surface area contributed by atoms with Gasteiger partial charge in [-0.05, 0) is 18.6 Å². The van der Waals surface area contributed by atoms with Gasteiger partial charge in [-0.3, -0.25) is 9.59 Å². The summed E-state index contributed by atoms with van der Waals surface area (Å²) in [5.74, 6) is -1.06. The number of hydrogen-bond donors (Lipinski definition) is 0. The lowest BCUT2D eigenvalue weighted by Crippen LogP contribution is -2.44. The zero-order chi connectivity index (χ0) is 20.9. The van der Waals surface area contributed by atoms with E-state index in [1.54, 1.807) is 24.2 Å². The van der Waals surface area contributed by atoms with E-state index in [4.69, 9.17) is 4.74 Å². The summed E-state index contributed by atoms with van der Waals surface area (Å²) in [6.07, 6.45) is 6.71. The number of amides is 2. The molecule has 4 heterocycles. The first kappa shape index (κ1) is 18.9. The molecule has 2 fully saturated rings. The number of benzene rings is 1. The zero-order valence-electron chi connectivity index (χ0n) is 17.1. The highest BCUT2D eigenvalue weighted by atomic mass is 16.5. The second-order valence-corrected chi connectivity index (χ2v) is 8.48. The number of aromatic nitrogens is 2. The van der Waals surface area contributed by atoms with Gasteiger partial charge in [-0.2, -0.15) is 0 Å². The van der Waals surface area contributed by atoms with Gasteiger partial charge in [-0.1, -0.05) is 42.0 Å². The predicted molar refractivity (Wildman–Crippen MR) is 109 cm³/mol. The van der Waals surface area contributed by atoms with Crippen molar-refractivity contribution in [2.24, 2.45) is 11.8 Å². The second kappa shape index (κ2) is 7.02. The molecule has 2 amide bonds. The first-order valence-corrected chi connectivity index (χ1v) is 10.2. The molecule has 2 aromatic rings. The number of carbonyl (C=O) groups excluding carboxylic acids is 2. The Morgan fingerprint density at radius 1 is 1.37 bits per heavy atom. The highest BCUT2D eigenvalue weighted by Gasteiger charge is 2.67. The Morgan fingerprint density at radius 3 is 3.00 bits per heavy atom. The van der Waals surface area contributed by atoms with Crippen LogP contribution in [0.5, 0.6) is 0 Å². The van der Waals surface area contributed by atoms with Gasteiger partial charge < -0.3 is 14.5 Å². The first-order valence-electron chi connectivity index (χ1n) is 10.2. The van der Waals surface area contributed by atoms with Gasteiger partial charge in [0.15, 0.2) is 0 Å². The average molecular weight is 404 g/mol. The molecule has 4 atom stereocenters. The number of carbonyl (C=O) groups is 2. The van der Waals surface area contributed by atoms with Crippen molar-refractivity contribution in [1.29, 1.82) is 0 Å². The van der Waals surface area contributed by atoms with Crippen molar-refractivity contribution in [2.75, 3.05) is 13.6 Å². The molecule has 1 aromatic heterocycles. The van der Waals surface area contributed by atoms with E-state index < -0.39 is 17.4 Å². The summed E-state index contributed by atoms with van der Waals surface area (Å²) in [7, 11) is 1.75. The molecule has 1 aromatic carbocycles. The van der Waals surface area contributed by atoms with Crippen LogP contribution in [0.4, 0.5) is 0 Å². The summed E-state index contributed by atoms with van der Waals surface area (Å²) < 4.78 is 6.23. The monoisotopic (exact) mass is 404 g/mol. The Hall–Kier alpha value is -3.06. The minimum atomic E-state index is -0.693. The molecule has 3 aliphatic rings. The van der Waals surface area contributed by atoms with Crippen LogP contribution < -0.4 is 0 Å². The molecule has 30 heavy (non-hydrogen) atoms. The molecule has 3 aliphatic heterocycles. The first-order chi connectivity index (χ1) is 14.5. The van der Waals surface area contributed by atoms with Gasteiger partial charge in [0.05, 0.1) is 36.7 Å². The van der Waals surface area contributed by atoms with Crippen molar-refractivity contribution in [2.45, 2.75) is 31.7 Å². The molecule has 0 N–H and O–H groups in total. The van der Waals surface area contributed by atoms with Crippen LogP contribution in [0.1, 0.15) is 16.8 Å². The zero-order valence-corrected chi connectivity index (χ0v) is 17.1. The van der Waals surface area contributed by atoms with Gasteiger partial charge in [0.2, 0.25) is 11.8 Å². The van der Waals surface area contributed by atoms with Crippen molar-refractivity contribution >= 4 is 11.8 Å². The number of fused-ring (bicyclic) bond motifs is 1. The quantitative estimate of drug-likeness (QED) is 0.710. The molecular formula is C23H24N4O3. The summed E-state index contributed by atoms with van der Waals surface area (Å²) >= 11 is 0. The number of ether oxygens (including phenoxy) is 1. The highest BCUT2D eigenvalue weighted by Crippen LogP contribution is 2.52. The number of aryl methyl sites for hydroxylation is 1. The van der Waals surface area contributed by atoms with Gasteiger partial charge in [0.1, 0.15) is 11.9 Å². The smallest absolute Gasteiger partial charge is 0.230 e. The van der Waals surface area contributed by atoms with Gasteiger partial charge in [-0.15, -0.1) is 0 Å². The fourth-order valence-electron chi connectivity index (χ4n) is 5.01. The lowest BCUT2D eigenvalue weighted by molar-refractivity contribution is -0.142. The lowest BCUT2D eigenvalue weighted by Gasteiger charge is -2.27. The molecule has 5 rings (SSSR count). The molecular weight excluding hydrogens is 380 g/mol. The van der Waals surface area contributed by atoms with Crippen LogP contribution in [0.15, 0.2) is 55.0 Å². The fourth-order valence-corrected chi connectivity index (χ4v) is 5.01. The molecule has 7 nitrogen and oxygen atoms in total. The standard InChI is InChI=1S/C23H24N4O3/c1-15-4-3-5-16(10-15)11-27-13-23-8-6-18(30-23)19(20(23)22(27)29)21(28)26(2)12-17-7-9-24-14-25-17/h3-10,14,18-20H,11-13H2,1-2H3/t18-,19-,20+,23-/m0/s1. The number of likely N-dealkylation sites (tertiary alicyclic amines) is 1. The van der Waals surface area contributed by atoms with Crippen molar-refractivity contribution in [3.8, 4) is 0 Å². The largest absolute Gasteiger partial charge is 0.360 e. The van der Waals surface area contributed by atoms with Crippen LogP contribution in [-0.4, -0.2) is 56.9 Å². The third kappa shape index (κ3) is 3.01. The maximum atomic E-state index is 13.4. The maximum absolute atomic E-state index is 13.4. The van der Waals surface area contributed by atoms with Gasteiger partial charge in [0, 0.05) is 19.8 Å². The molecule has 0 unspecified atom stereocenters. The molecule has 0 aliphatic carbocycles. The fraction of sp³-hybridized carbons (Fsp3) is 0.391. The second-order valence-electron chi connectivity index (χ2n) is 8.48. The summed E-state index contributed by atoms with van der Waals surface area (Å²) in [5.41, 5.74) is 2.31. The minimum Gasteiger partial charge on any atom is -0.360 e. The van der Waals surface area contributed by atoms with E-state index in [9.17, 15) is 9.59 Å². The van der Waals surface area contributed by atoms with Crippen LogP contribution in [0, 0.1) is 18.8 Å². The van der Waals surface area contributed by atoms with Crippen LogP contribution in [-0.2, 0) is 27.4 Å². The van der Waals surface area contributed by atoms with Gasteiger partial charge in [0.25, 0.3) is 0 Å². The van der Waals surface area contributed by atoms with E-state index >= 15 is 0 Å². The van der Waals surface area contributed by atoms with Crippen molar-refractivity contribution in [3.05, 3.63) is 71.8 Å². The third-order valence-corrected chi connectivity index (χ3v) is 6.34. The summed E-state index contributed by atoms with van der Waals surface area (Å²) in [4.78, 5) is 38.3. The number of nitrogens with zero attached hydrogens (tertiary/aromatic N) is 4. The van der Waals surface area contributed by atoms with Crippen molar-refractivity contribution in [3.63, 3.8) is 0 Å². The minimum absolute atomic E-state index is 0.00265. The van der Waals surface area contributed by atoms with E-state index in [0.29, 0.717) is 19.6 Å². The van der Waals surface area contributed by atoms with Gasteiger partial charge >= 0.3 is 0 Å². The Balaban J connectivity index is 1.36. The van der Waals surface area contributed by atoms with E-state index in [1.807, 2.05) is 42.2 Å². The molecule has 2 bridgehead atoms. The molecule has 1 spiro atoms. The average Bonchev–Trinajstić information content (AvgIpc) is 3.37. The van der Waals surface area contributed by atoms with E-state index in [1.165, 1.54) is 6.33 Å². The topological polar surface area (TPSA) is 75.6 Å². The Bertz CT molecular complexity index is 1020. The normalized spacial score (nSPS) is 28.8. The van der Waals surface area contributed by atoms with Crippen LogP contribution in [0.3, 0.4) is 0 Å². The molecule has 0 saturated carbocycles. The maximum Gasteiger partial charge on any atom is 0.230 e. The van der Waals surface area contributed by atoms with Crippen LogP contribution >= 0.6 is 0 Å². The highest BCUT2D eigenvalue weighted by molar-refractivity contribution is 5.93. The Morgan fingerprint density at radius 2 is 2.23 bits per heavy atom. The number of hydrogen-bond acceptors (Lipinski definition) is 5. The van der Waals surface area contributed by atoms with Crippen LogP contribution in [0.2, 0.25) is 0 Å². The van der Waals surface area contributed by atoms with E-state index in [0.717, 1.165) is 16.8 Å². The third-order valence-electron chi connectivity index (χ3n) is 6.34. The molecule has 7 heteroatoms. The molecule has 0 radical (unpaired) electrons. The van der Waals surface area contributed by atoms with Crippen molar-refractivity contribution < 1.29 is 14.3 Å². The van der Waals surface area contributed by atoms with E-state index in [-0.39, 0.29) is 17.9 Å². The summed E-state index contributed by atoms with van der Waals surface area (Å²) in [6.45, 7) is 3.42. The lowest BCUT2D eigenvalue weighted by atomic mass is 9.76. The molecule has 2 saturated heterocycles.